The molecule has 1 aromatic carbocycles. The Morgan fingerprint density at radius 3 is 2.94 bits per heavy atom. The second-order valence-electron chi connectivity index (χ2n) is 4.88. The molecule has 0 saturated carbocycles. The SMILES string of the molecule is COC(=O)C1(Cl)OC12CCCCc1ccccc12. The van der Waals surface area contributed by atoms with Crippen molar-refractivity contribution in [1.82, 2.24) is 0 Å². The molecule has 2 atom stereocenters. The highest BCUT2D eigenvalue weighted by atomic mass is 35.5. The summed E-state index contributed by atoms with van der Waals surface area (Å²) < 4.78 is 10.4. The molecule has 1 aliphatic carbocycles. The average molecular weight is 267 g/mol. The molecule has 0 N–H and O–H groups in total. The van der Waals surface area contributed by atoms with E-state index >= 15 is 0 Å². The minimum absolute atomic E-state index is 0.499. The lowest BCUT2D eigenvalue weighted by Gasteiger charge is -2.15. The maximum Gasteiger partial charge on any atom is 0.357 e. The second kappa shape index (κ2) is 3.97. The lowest BCUT2D eigenvalue weighted by molar-refractivity contribution is -0.143. The monoisotopic (exact) mass is 266 g/mol. The number of ether oxygens (including phenoxy) is 2. The number of rotatable bonds is 1. The average Bonchev–Trinajstić information content (AvgIpc) is 3.06. The topological polar surface area (TPSA) is 38.8 Å². The Morgan fingerprint density at radius 2 is 2.17 bits per heavy atom. The third kappa shape index (κ3) is 1.44. The molecule has 1 aliphatic heterocycles. The van der Waals surface area contributed by atoms with Crippen LogP contribution < -0.4 is 0 Å². The zero-order valence-corrected chi connectivity index (χ0v) is 11.0. The van der Waals surface area contributed by atoms with Gasteiger partial charge in [-0.1, -0.05) is 35.9 Å². The maximum absolute atomic E-state index is 11.8. The molecule has 0 aromatic heterocycles. The Bertz CT molecular complexity index is 502. The van der Waals surface area contributed by atoms with Gasteiger partial charge in [-0.25, -0.2) is 4.79 Å². The Labute approximate surface area is 111 Å². The number of methoxy groups -OCH3 is 1. The highest BCUT2D eigenvalue weighted by molar-refractivity contribution is 6.36. The predicted molar refractivity (Wildman–Crippen MR) is 67.4 cm³/mol. The molecule has 0 bridgehead atoms. The normalized spacial score (nSPS) is 33.7. The minimum atomic E-state index is -1.33. The summed E-state index contributed by atoms with van der Waals surface area (Å²) in [5, 5.41) is -1.33. The zero-order chi connectivity index (χ0) is 12.8. The number of aryl methyl sites for hydroxylation is 1. The number of alkyl halides is 1. The van der Waals surface area contributed by atoms with Crippen LogP contribution in [-0.2, 0) is 26.3 Å². The standard InChI is InChI=1S/C14H15ClO3/c1-17-12(16)14(15)13(18-14)9-5-4-7-10-6-2-3-8-11(10)13/h2-3,6,8H,4-5,7,9H2,1H3. The number of esters is 1. The number of fused-ring (bicyclic) bond motifs is 2. The first-order valence-electron chi connectivity index (χ1n) is 6.20. The molecule has 1 spiro atoms. The summed E-state index contributed by atoms with van der Waals surface area (Å²) in [5.41, 5.74) is 1.58. The molecule has 3 rings (SSSR count). The van der Waals surface area contributed by atoms with Gasteiger partial charge in [0.1, 0.15) is 0 Å². The zero-order valence-electron chi connectivity index (χ0n) is 10.2. The van der Waals surface area contributed by atoms with Gasteiger partial charge >= 0.3 is 5.97 Å². The van der Waals surface area contributed by atoms with Gasteiger partial charge in [0.25, 0.3) is 5.06 Å². The Kier molecular flexibility index (Phi) is 2.65. The smallest absolute Gasteiger partial charge is 0.357 e. The van der Waals surface area contributed by atoms with Crippen LogP contribution in [0, 0.1) is 0 Å². The van der Waals surface area contributed by atoms with Crippen LogP contribution in [0.15, 0.2) is 24.3 Å². The number of epoxide rings is 1. The van der Waals surface area contributed by atoms with E-state index in [9.17, 15) is 4.79 Å². The largest absolute Gasteiger partial charge is 0.466 e. The fourth-order valence-corrected chi connectivity index (χ4v) is 3.35. The summed E-state index contributed by atoms with van der Waals surface area (Å²) in [5.74, 6) is -0.499. The first-order chi connectivity index (χ1) is 8.64. The van der Waals surface area contributed by atoms with Gasteiger partial charge in [-0.15, -0.1) is 0 Å². The summed E-state index contributed by atoms with van der Waals surface area (Å²) in [4.78, 5) is 11.8. The third-order valence-corrected chi connectivity index (χ3v) is 4.45. The summed E-state index contributed by atoms with van der Waals surface area (Å²) in [7, 11) is 1.34. The van der Waals surface area contributed by atoms with E-state index < -0.39 is 16.6 Å². The highest BCUT2D eigenvalue weighted by Gasteiger charge is 2.76. The first-order valence-corrected chi connectivity index (χ1v) is 6.58. The van der Waals surface area contributed by atoms with E-state index in [1.807, 2.05) is 18.2 Å². The fraction of sp³-hybridized carbons (Fsp3) is 0.500. The fourth-order valence-electron chi connectivity index (χ4n) is 2.95. The quantitative estimate of drug-likeness (QED) is 0.446. The van der Waals surface area contributed by atoms with E-state index in [0.29, 0.717) is 0 Å². The molecule has 1 aromatic rings. The second-order valence-corrected chi connectivity index (χ2v) is 5.41. The molecule has 4 heteroatoms. The molecule has 18 heavy (non-hydrogen) atoms. The highest BCUT2D eigenvalue weighted by Crippen LogP contribution is 2.63. The maximum atomic E-state index is 11.8. The molecule has 1 saturated heterocycles. The van der Waals surface area contributed by atoms with Crippen molar-refractivity contribution in [3.8, 4) is 0 Å². The number of hydrogen-bond donors (Lipinski definition) is 0. The van der Waals surface area contributed by atoms with E-state index in [0.717, 1.165) is 31.2 Å². The number of carbonyl (C=O) groups excluding carboxylic acids is 1. The first kappa shape index (κ1) is 12.0. The molecule has 3 nitrogen and oxygen atoms in total. The van der Waals surface area contributed by atoms with Gasteiger partial charge in [0.05, 0.1) is 7.11 Å². The molecule has 0 amide bonds. The van der Waals surface area contributed by atoms with E-state index in [1.165, 1.54) is 12.7 Å². The van der Waals surface area contributed by atoms with Crippen LogP contribution in [0.25, 0.3) is 0 Å². The lowest BCUT2D eigenvalue weighted by atomic mass is 9.89. The Morgan fingerprint density at radius 1 is 1.39 bits per heavy atom. The third-order valence-electron chi connectivity index (χ3n) is 3.92. The Hall–Kier alpha value is -1.06. The van der Waals surface area contributed by atoms with Crippen molar-refractivity contribution in [2.75, 3.05) is 7.11 Å². The van der Waals surface area contributed by atoms with Gasteiger partial charge in [-0.3, -0.25) is 0 Å². The van der Waals surface area contributed by atoms with Gasteiger partial charge in [0, 0.05) is 0 Å². The number of hydrogen-bond acceptors (Lipinski definition) is 3. The van der Waals surface area contributed by atoms with Gasteiger partial charge < -0.3 is 9.47 Å². The van der Waals surface area contributed by atoms with Crippen LogP contribution in [0.4, 0.5) is 0 Å². The molecule has 2 unspecified atom stereocenters. The Balaban J connectivity index is 2.07. The molecule has 0 radical (unpaired) electrons. The molecule has 96 valence electrons. The van der Waals surface area contributed by atoms with Gasteiger partial charge in [0.15, 0.2) is 5.60 Å². The number of halogens is 1. The lowest BCUT2D eigenvalue weighted by Crippen LogP contribution is -2.29. The summed E-state index contributed by atoms with van der Waals surface area (Å²) in [6.45, 7) is 0. The number of benzene rings is 1. The van der Waals surface area contributed by atoms with E-state index in [4.69, 9.17) is 21.1 Å². The van der Waals surface area contributed by atoms with Crippen molar-refractivity contribution in [2.45, 2.75) is 36.3 Å². The molecule has 1 heterocycles. The summed E-state index contributed by atoms with van der Waals surface area (Å²) in [6, 6.07) is 8.06. The molecular formula is C14H15ClO3. The van der Waals surface area contributed by atoms with E-state index in [-0.39, 0.29) is 0 Å². The van der Waals surface area contributed by atoms with Gasteiger partial charge in [-0.05, 0) is 36.8 Å². The van der Waals surface area contributed by atoms with Crippen molar-refractivity contribution in [3.63, 3.8) is 0 Å². The van der Waals surface area contributed by atoms with E-state index in [1.54, 1.807) is 0 Å². The predicted octanol–water partition coefficient (Wildman–Crippen LogP) is 2.75. The van der Waals surface area contributed by atoms with Crippen LogP contribution >= 0.6 is 11.6 Å². The van der Waals surface area contributed by atoms with Gasteiger partial charge in [0.2, 0.25) is 0 Å². The molecular weight excluding hydrogens is 252 g/mol. The van der Waals surface area contributed by atoms with Crippen LogP contribution in [0.3, 0.4) is 0 Å². The minimum Gasteiger partial charge on any atom is -0.466 e. The van der Waals surface area contributed by atoms with Crippen LogP contribution in [0.2, 0.25) is 0 Å². The molecule has 2 aliphatic rings. The number of carbonyl (C=O) groups is 1. The van der Waals surface area contributed by atoms with E-state index in [2.05, 4.69) is 6.07 Å². The van der Waals surface area contributed by atoms with Crippen LogP contribution in [-0.4, -0.2) is 18.1 Å². The summed E-state index contributed by atoms with van der Waals surface area (Å²) in [6.07, 6.45) is 3.87. The van der Waals surface area contributed by atoms with Crippen molar-refractivity contribution < 1.29 is 14.3 Å². The van der Waals surface area contributed by atoms with Crippen molar-refractivity contribution >= 4 is 17.6 Å². The van der Waals surface area contributed by atoms with Crippen molar-refractivity contribution in [1.29, 1.82) is 0 Å². The van der Waals surface area contributed by atoms with Crippen molar-refractivity contribution in [3.05, 3.63) is 35.4 Å². The molecule has 1 fully saturated rings. The van der Waals surface area contributed by atoms with Gasteiger partial charge in [-0.2, -0.15) is 0 Å². The van der Waals surface area contributed by atoms with Crippen molar-refractivity contribution in [2.24, 2.45) is 0 Å². The van der Waals surface area contributed by atoms with Crippen LogP contribution in [0.1, 0.15) is 30.4 Å². The van der Waals surface area contributed by atoms with Crippen LogP contribution in [0.5, 0.6) is 0 Å². The summed E-state index contributed by atoms with van der Waals surface area (Å²) >= 11 is 6.33.